The monoisotopic (exact) mass is 346 g/mol. The molecule has 0 saturated carbocycles. The van der Waals surface area contributed by atoms with Gasteiger partial charge in [0, 0.05) is 51.0 Å². The number of halogens is 3. The highest BCUT2D eigenvalue weighted by atomic mass is 19.4. The van der Waals surface area contributed by atoms with E-state index in [1.165, 1.54) is 4.90 Å². The van der Waals surface area contributed by atoms with Gasteiger partial charge in [-0.3, -0.25) is 9.59 Å². The zero-order valence-corrected chi connectivity index (χ0v) is 13.7. The molecule has 0 radical (unpaired) electrons. The van der Waals surface area contributed by atoms with Gasteiger partial charge in [-0.15, -0.1) is 0 Å². The Hall–Kier alpha value is -2.06. The van der Waals surface area contributed by atoms with Gasteiger partial charge in [0.25, 0.3) is 0 Å². The number of imidazole rings is 1. The van der Waals surface area contributed by atoms with Gasteiger partial charge in [-0.25, -0.2) is 4.98 Å². The number of amides is 2. The van der Waals surface area contributed by atoms with Crippen molar-refractivity contribution >= 4 is 11.8 Å². The quantitative estimate of drug-likeness (QED) is 0.838. The van der Waals surface area contributed by atoms with Gasteiger partial charge in [-0.2, -0.15) is 13.2 Å². The molecule has 1 saturated heterocycles. The van der Waals surface area contributed by atoms with Crippen LogP contribution in [0.4, 0.5) is 13.2 Å². The molecule has 0 aromatic carbocycles. The predicted molar refractivity (Wildman–Crippen MR) is 80.1 cm³/mol. The van der Waals surface area contributed by atoms with Gasteiger partial charge < -0.3 is 14.4 Å². The molecular formula is C15H21F3N4O2. The molecule has 1 aromatic rings. The van der Waals surface area contributed by atoms with Crippen LogP contribution in [0.1, 0.15) is 31.6 Å². The fraction of sp³-hybridized carbons (Fsp3) is 0.667. The molecule has 0 spiro atoms. The maximum Gasteiger partial charge on any atom is 0.471 e. The van der Waals surface area contributed by atoms with Crippen LogP contribution in [0.5, 0.6) is 0 Å². The van der Waals surface area contributed by atoms with E-state index in [-0.39, 0.29) is 38.0 Å². The zero-order valence-electron chi connectivity index (χ0n) is 13.7. The number of nitrogens with zero attached hydrogens (tertiary/aromatic N) is 4. The van der Waals surface area contributed by atoms with E-state index >= 15 is 0 Å². The van der Waals surface area contributed by atoms with Crippen molar-refractivity contribution in [3.63, 3.8) is 0 Å². The van der Waals surface area contributed by atoms with E-state index in [1.54, 1.807) is 12.4 Å². The molecule has 1 aromatic heterocycles. The summed E-state index contributed by atoms with van der Waals surface area (Å²) < 4.78 is 39.4. The number of carbonyl (C=O) groups excluding carboxylic acids is 2. The van der Waals surface area contributed by atoms with Gasteiger partial charge >= 0.3 is 12.1 Å². The number of carbonyl (C=O) groups is 2. The minimum Gasteiger partial charge on any atom is -0.341 e. The van der Waals surface area contributed by atoms with Gasteiger partial charge in [0.2, 0.25) is 5.91 Å². The van der Waals surface area contributed by atoms with Crippen LogP contribution >= 0.6 is 0 Å². The van der Waals surface area contributed by atoms with Gasteiger partial charge in [0.05, 0.1) is 0 Å². The van der Waals surface area contributed by atoms with Gasteiger partial charge in [-0.1, -0.05) is 0 Å². The highest BCUT2D eigenvalue weighted by Crippen LogP contribution is 2.20. The van der Waals surface area contributed by atoms with Gasteiger partial charge in [0.1, 0.15) is 5.82 Å². The van der Waals surface area contributed by atoms with E-state index in [1.807, 2.05) is 18.4 Å². The van der Waals surface area contributed by atoms with Crippen molar-refractivity contribution in [2.75, 3.05) is 26.2 Å². The van der Waals surface area contributed by atoms with Crippen LogP contribution in [0.3, 0.4) is 0 Å². The summed E-state index contributed by atoms with van der Waals surface area (Å²) in [6, 6.07) is -0.0869. The Balaban J connectivity index is 1.92. The van der Waals surface area contributed by atoms with E-state index in [2.05, 4.69) is 4.98 Å². The normalized spacial score (nSPS) is 17.5. The highest BCUT2D eigenvalue weighted by molar-refractivity contribution is 5.82. The molecule has 0 unspecified atom stereocenters. The second-order valence-electron chi connectivity index (χ2n) is 5.96. The lowest BCUT2D eigenvalue weighted by Gasteiger charge is -2.24. The summed E-state index contributed by atoms with van der Waals surface area (Å²) in [7, 11) is 0. The van der Waals surface area contributed by atoms with Crippen molar-refractivity contribution in [2.45, 2.75) is 38.9 Å². The second-order valence-corrected chi connectivity index (χ2v) is 5.96. The number of aryl methyl sites for hydroxylation is 1. The number of alkyl halides is 3. The number of rotatable bonds is 3. The Morgan fingerprint density at radius 1 is 1.21 bits per heavy atom. The summed E-state index contributed by atoms with van der Waals surface area (Å²) in [6.07, 6.45) is -0.842. The average Bonchev–Trinajstić information content (AvgIpc) is 2.79. The molecule has 2 rings (SSSR count). The molecule has 2 heterocycles. The summed E-state index contributed by atoms with van der Waals surface area (Å²) >= 11 is 0. The van der Waals surface area contributed by atoms with Crippen LogP contribution < -0.4 is 0 Å². The fourth-order valence-corrected chi connectivity index (χ4v) is 2.88. The number of hydrogen-bond acceptors (Lipinski definition) is 3. The lowest BCUT2D eigenvalue weighted by Crippen LogP contribution is -2.43. The third-order valence-electron chi connectivity index (χ3n) is 4.19. The van der Waals surface area contributed by atoms with E-state index in [0.717, 1.165) is 10.7 Å². The maximum atomic E-state index is 12.5. The Labute approximate surface area is 138 Å². The highest BCUT2D eigenvalue weighted by Gasteiger charge is 2.42. The first kappa shape index (κ1) is 18.3. The third kappa shape index (κ3) is 4.27. The second kappa shape index (κ2) is 7.23. The first-order valence-corrected chi connectivity index (χ1v) is 7.83. The molecule has 24 heavy (non-hydrogen) atoms. The fourth-order valence-electron chi connectivity index (χ4n) is 2.88. The minimum absolute atomic E-state index is 0.0122. The molecule has 0 N–H and O–H groups in total. The molecule has 1 aliphatic heterocycles. The minimum atomic E-state index is -4.87. The van der Waals surface area contributed by atoms with Crippen molar-refractivity contribution in [3.05, 3.63) is 18.2 Å². The molecule has 134 valence electrons. The Bertz CT molecular complexity index is 600. The van der Waals surface area contributed by atoms with Gasteiger partial charge in [0.15, 0.2) is 0 Å². The van der Waals surface area contributed by atoms with Crippen LogP contribution in [0.25, 0.3) is 0 Å². The lowest BCUT2D eigenvalue weighted by atomic mass is 10.2. The molecule has 0 aliphatic carbocycles. The summed E-state index contributed by atoms with van der Waals surface area (Å²) in [5.41, 5.74) is 0. The lowest BCUT2D eigenvalue weighted by molar-refractivity contribution is -0.185. The van der Waals surface area contributed by atoms with Crippen molar-refractivity contribution < 1.29 is 22.8 Å². The van der Waals surface area contributed by atoms with Crippen molar-refractivity contribution in [1.29, 1.82) is 0 Å². The standard InChI is InChI=1S/C15H21F3N4O2/c1-11(22-7-4-19-12(22)2)10-13(23)20-5-3-6-21(9-8-20)14(24)15(16,17)18/h4,7,11H,3,5-6,8-10H2,1-2H3/t11-/m0/s1. The maximum absolute atomic E-state index is 12.5. The van der Waals surface area contributed by atoms with Crippen LogP contribution in [-0.2, 0) is 9.59 Å². The topological polar surface area (TPSA) is 58.4 Å². The molecule has 9 heteroatoms. The van der Waals surface area contributed by atoms with Crippen molar-refractivity contribution in [1.82, 2.24) is 19.4 Å². The van der Waals surface area contributed by atoms with Crippen LogP contribution in [-0.4, -0.2) is 63.5 Å². The summed E-state index contributed by atoms with van der Waals surface area (Å²) in [5.74, 6) is -1.16. The molecule has 6 nitrogen and oxygen atoms in total. The molecule has 0 bridgehead atoms. The van der Waals surface area contributed by atoms with Crippen molar-refractivity contribution in [3.8, 4) is 0 Å². The third-order valence-corrected chi connectivity index (χ3v) is 4.19. The van der Waals surface area contributed by atoms with Crippen molar-refractivity contribution in [2.24, 2.45) is 0 Å². The molecular weight excluding hydrogens is 325 g/mol. The van der Waals surface area contributed by atoms with E-state index < -0.39 is 12.1 Å². The molecule has 2 amide bonds. The largest absolute Gasteiger partial charge is 0.471 e. The van der Waals surface area contributed by atoms with Gasteiger partial charge in [-0.05, 0) is 20.3 Å². The smallest absolute Gasteiger partial charge is 0.341 e. The van der Waals surface area contributed by atoms with E-state index in [4.69, 9.17) is 0 Å². The molecule has 1 aliphatic rings. The van der Waals surface area contributed by atoms with Crippen LogP contribution in [0.15, 0.2) is 12.4 Å². The summed E-state index contributed by atoms with van der Waals surface area (Å²) in [4.78, 5) is 30.1. The number of hydrogen-bond donors (Lipinski definition) is 0. The van der Waals surface area contributed by atoms with Crippen LogP contribution in [0, 0.1) is 6.92 Å². The zero-order chi connectivity index (χ0) is 17.9. The SMILES string of the molecule is Cc1nccn1[C@@H](C)CC(=O)N1CCCN(C(=O)C(F)(F)F)CC1. The Kier molecular flexibility index (Phi) is 5.51. The van der Waals surface area contributed by atoms with E-state index in [9.17, 15) is 22.8 Å². The summed E-state index contributed by atoms with van der Waals surface area (Å²) in [6.45, 7) is 4.13. The Morgan fingerprint density at radius 2 is 1.83 bits per heavy atom. The van der Waals surface area contributed by atoms with E-state index in [0.29, 0.717) is 13.0 Å². The predicted octanol–water partition coefficient (Wildman–Crippen LogP) is 1.77. The van der Waals surface area contributed by atoms with Crippen LogP contribution in [0.2, 0.25) is 0 Å². The molecule has 1 fully saturated rings. The number of aromatic nitrogens is 2. The first-order chi connectivity index (χ1) is 11.2. The average molecular weight is 346 g/mol. The summed E-state index contributed by atoms with van der Waals surface area (Å²) in [5, 5.41) is 0. The first-order valence-electron chi connectivity index (χ1n) is 7.83. The molecule has 1 atom stereocenters. The Morgan fingerprint density at radius 3 is 2.42 bits per heavy atom.